The predicted molar refractivity (Wildman–Crippen MR) is 89.0 cm³/mol. The summed E-state index contributed by atoms with van der Waals surface area (Å²) in [5.41, 5.74) is 6.59. The molecule has 1 fully saturated rings. The van der Waals surface area contributed by atoms with Crippen LogP contribution in [0.4, 0.5) is 0 Å². The van der Waals surface area contributed by atoms with Crippen molar-refractivity contribution in [3.05, 3.63) is 30.2 Å². The van der Waals surface area contributed by atoms with Crippen LogP contribution < -0.4 is 10.5 Å². The molecule has 1 aromatic rings. The Kier molecular flexibility index (Phi) is 6.55. The largest absolute Gasteiger partial charge is 0.491 e. The van der Waals surface area contributed by atoms with Gasteiger partial charge in [-0.05, 0) is 12.1 Å². The molecule has 0 atom stereocenters. The van der Waals surface area contributed by atoms with Gasteiger partial charge in [-0.25, -0.2) is 0 Å². The Hall–Kier alpha value is -1.92. The number of nitrogens with zero attached hydrogens (tertiary/aromatic N) is 2. The topological polar surface area (TPSA) is 77.7 Å². The first-order valence-corrected chi connectivity index (χ1v) is 7.97. The van der Waals surface area contributed by atoms with Crippen LogP contribution in [0.15, 0.2) is 24.5 Å². The second kappa shape index (κ2) is 8.64. The van der Waals surface area contributed by atoms with E-state index in [4.69, 9.17) is 15.2 Å². The van der Waals surface area contributed by atoms with Crippen molar-refractivity contribution < 1.29 is 14.3 Å². The van der Waals surface area contributed by atoms with Gasteiger partial charge >= 0.3 is 0 Å². The maximum absolute atomic E-state index is 12.1. The third-order valence-corrected chi connectivity index (χ3v) is 3.75. The number of allylic oxidation sites excluding steroid dienone is 1. The van der Waals surface area contributed by atoms with Crippen LogP contribution in [0.3, 0.4) is 0 Å². The van der Waals surface area contributed by atoms with Crippen LogP contribution in [0.25, 0.3) is 5.57 Å². The number of aromatic nitrogens is 1. The summed E-state index contributed by atoms with van der Waals surface area (Å²) in [7, 11) is 0. The molecule has 0 amide bonds. The lowest BCUT2D eigenvalue weighted by molar-refractivity contribution is -0.116. The number of pyridine rings is 1. The molecule has 0 aromatic carbocycles. The van der Waals surface area contributed by atoms with E-state index in [0.717, 1.165) is 32.8 Å². The monoisotopic (exact) mass is 319 g/mol. The average molecular weight is 319 g/mol. The highest BCUT2D eigenvalue weighted by Crippen LogP contribution is 2.19. The van der Waals surface area contributed by atoms with Crippen molar-refractivity contribution in [2.45, 2.75) is 13.8 Å². The number of rotatable bonds is 7. The molecule has 0 unspecified atom stereocenters. The van der Waals surface area contributed by atoms with Gasteiger partial charge in [0, 0.05) is 31.8 Å². The summed E-state index contributed by atoms with van der Waals surface area (Å²) in [6.07, 6.45) is 2.95. The first-order valence-electron chi connectivity index (χ1n) is 7.97. The summed E-state index contributed by atoms with van der Waals surface area (Å²) in [4.78, 5) is 18.7. The minimum absolute atomic E-state index is 0.0130. The number of carbonyl (C=O) groups excluding carboxylic acids is 1. The molecule has 126 valence electrons. The van der Waals surface area contributed by atoms with E-state index in [1.54, 1.807) is 12.3 Å². The first-order chi connectivity index (χ1) is 11.1. The van der Waals surface area contributed by atoms with Crippen LogP contribution in [0.1, 0.15) is 19.5 Å². The zero-order valence-electron chi connectivity index (χ0n) is 13.8. The second-order valence-corrected chi connectivity index (χ2v) is 5.78. The standard InChI is InChI=1S/C17H25N3O3/c1-13(2)17(21)15(11-18)16-4-3-14(12-19-16)23-10-7-20-5-8-22-9-6-20/h3-4,11-13H,5-10,18H2,1-2H3. The van der Waals surface area contributed by atoms with Crippen molar-refractivity contribution in [2.24, 2.45) is 11.7 Å². The Morgan fingerprint density at radius 3 is 2.74 bits per heavy atom. The molecule has 0 spiro atoms. The fourth-order valence-corrected chi connectivity index (χ4v) is 2.35. The number of morpholine rings is 1. The molecule has 0 saturated carbocycles. The molecule has 2 N–H and O–H groups in total. The number of ketones is 1. The lowest BCUT2D eigenvalue weighted by Crippen LogP contribution is -2.38. The van der Waals surface area contributed by atoms with Crippen LogP contribution in [0.2, 0.25) is 0 Å². The van der Waals surface area contributed by atoms with Crippen molar-refractivity contribution >= 4 is 11.4 Å². The molecular weight excluding hydrogens is 294 g/mol. The van der Waals surface area contributed by atoms with Gasteiger partial charge < -0.3 is 15.2 Å². The molecule has 2 heterocycles. The molecule has 1 saturated heterocycles. The van der Waals surface area contributed by atoms with Gasteiger partial charge in [-0.15, -0.1) is 0 Å². The van der Waals surface area contributed by atoms with E-state index in [1.807, 2.05) is 19.9 Å². The summed E-state index contributed by atoms with van der Waals surface area (Å²) in [5, 5.41) is 0. The summed E-state index contributed by atoms with van der Waals surface area (Å²) >= 11 is 0. The number of Topliss-reactive ketones (excluding diaryl/α,β-unsaturated/α-hetero) is 1. The zero-order valence-corrected chi connectivity index (χ0v) is 13.8. The maximum atomic E-state index is 12.1. The normalized spacial score (nSPS) is 16.6. The zero-order chi connectivity index (χ0) is 16.7. The van der Waals surface area contributed by atoms with Crippen molar-refractivity contribution in [2.75, 3.05) is 39.5 Å². The molecule has 2 rings (SSSR count). The molecule has 6 nitrogen and oxygen atoms in total. The third kappa shape index (κ3) is 5.04. The molecule has 0 aliphatic carbocycles. The summed E-state index contributed by atoms with van der Waals surface area (Å²) < 4.78 is 11.0. The van der Waals surface area contributed by atoms with Crippen LogP contribution in [0, 0.1) is 5.92 Å². The van der Waals surface area contributed by atoms with Gasteiger partial charge in [0.15, 0.2) is 5.78 Å². The van der Waals surface area contributed by atoms with Gasteiger partial charge in [0.2, 0.25) is 0 Å². The highest BCUT2D eigenvalue weighted by Gasteiger charge is 2.16. The van der Waals surface area contributed by atoms with Gasteiger partial charge in [-0.3, -0.25) is 14.7 Å². The fourth-order valence-electron chi connectivity index (χ4n) is 2.35. The maximum Gasteiger partial charge on any atom is 0.169 e. The predicted octanol–water partition coefficient (Wildman–Crippen LogP) is 1.32. The Morgan fingerprint density at radius 1 is 1.43 bits per heavy atom. The number of ether oxygens (including phenoxy) is 2. The summed E-state index contributed by atoms with van der Waals surface area (Å²) in [6, 6.07) is 3.59. The molecule has 1 aliphatic rings. The molecule has 0 radical (unpaired) electrons. The number of carbonyl (C=O) groups is 1. The SMILES string of the molecule is CC(C)C(=O)C(=CN)c1ccc(OCCN2CCOCC2)cn1. The van der Waals surface area contributed by atoms with Gasteiger partial charge in [-0.1, -0.05) is 13.8 Å². The lowest BCUT2D eigenvalue weighted by atomic mass is 9.99. The number of hydrogen-bond acceptors (Lipinski definition) is 6. The van der Waals surface area contributed by atoms with Crippen molar-refractivity contribution in [1.82, 2.24) is 9.88 Å². The van der Waals surface area contributed by atoms with E-state index in [2.05, 4.69) is 9.88 Å². The molecule has 1 aromatic heterocycles. The van der Waals surface area contributed by atoms with Crippen LogP contribution in [-0.4, -0.2) is 55.1 Å². The number of nitrogens with two attached hydrogens (primary N) is 1. The Balaban J connectivity index is 1.87. The van der Waals surface area contributed by atoms with Crippen molar-refractivity contribution in [3.63, 3.8) is 0 Å². The summed E-state index contributed by atoms with van der Waals surface area (Å²) in [5.74, 6) is 0.562. The first kappa shape index (κ1) is 17.4. The molecule has 1 aliphatic heterocycles. The van der Waals surface area contributed by atoms with E-state index in [0.29, 0.717) is 23.6 Å². The van der Waals surface area contributed by atoms with Gasteiger partial charge in [0.25, 0.3) is 0 Å². The average Bonchev–Trinajstić information content (AvgIpc) is 2.57. The van der Waals surface area contributed by atoms with Crippen molar-refractivity contribution in [3.8, 4) is 5.75 Å². The van der Waals surface area contributed by atoms with E-state index >= 15 is 0 Å². The van der Waals surface area contributed by atoms with Crippen LogP contribution in [0.5, 0.6) is 5.75 Å². The smallest absolute Gasteiger partial charge is 0.169 e. The van der Waals surface area contributed by atoms with E-state index in [-0.39, 0.29) is 11.7 Å². The molecule has 0 bridgehead atoms. The van der Waals surface area contributed by atoms with E-state index in [9.17, 15) is 4.79 Å². The quantitative estimate of drug-likeness (QED) is 0.764. The van der Waals surface area contributed by atoms with Gasteiger partial charge in [0.05, 0.1) is 30.7 Å². The van der Waals surface area contributed by atoms with E-state index < -0.39 is 0 Å². The fraction of sp³-hybridized carbons (Fsp3) is 0.529. The Morgan fingerprint density at radius 2 is 2.17 bits per heavy atom. The summed E-state index contributed by atoms with van der Waals surface area (Å²) in [6.45, 7) is 8.62. The highest BCUT2D eigenvalue weighted by atomic mass is 16.5. The van der Waals surface area contributed by atoms with Gasteiger partial charge in [-0.2, -0.15) is 0 Å². The lowest BCUT2D eigenvalue weighted by Gasteiger charge is -2.26. The Bertz CT molecular complexity index is 535. The molecular formula is C17H25N3O3. The Labute approximate surface area is 137 Å². The second-order valence-electron chi connectivity index (χ2n) is 5.78. The minimum atomic E-state index is -0.115. The molecule has 6 heteroatoms. The minimum Gasteiger partial charge on any atom is -0.491 e. The van der Waals surface area contributed by atoms with Gasteiger partial charge in [0.1, 0.15) is 12.4 Å². The van der Waals surface area contributed by atoms with Crippen LogP contribution >= 0.6 is 0 Å². The van der Waals surface area contributed by atoms with Crippen LogP contribution in [-0.2, 0) is 9.53 Å². The highest BCUT2D eigenvalue weighted by molar-refractivity contribution is 6.20. The van der Waals surface area contributed by atoms with Crippen molar-refractivity contribution in [1.29, 1.82) is 0 Å². The van der Waals surface area contributed by atoms with E-state index in [1.165, 1.54) is 6.20 Å². The third-order valence-electron chi connectivity index (χ3n) is 3.75. The molecule has 23 heavy (non-hydrogen) atoms. The number of hydrogen-bond donors (Lipinski definition) is 1.